The summed E-state index contributed by atoms with van der Waals surface area (Å²) < 4.78 is 42.7. The van der Waals surface area contributed by atoms with E-state index >= 15 is 8.78 Å². The van der Waals surface area contributed by atoms with Gasteiger partial charge in [-0.05, 0) is 50.8 Å². The first-order chi connectivity index (χ1) is 14.1. The minimum absolute atomic E-state index is 0.00116. The molecule has 2 aromatic carbocycles. The summed E-state index contributed by atoms with van der Waals surface area (Å²) in [5.41, 5.74) is -0.148. The molecule has 1 unspecified atom stereocenters. The molecule has 1 aliphatic rings. The van der Waals surface area contributed by atoms with E-state index in [0.29, 0.717) is 23.7 Å². The Morgan fingerprint density at radius 1 is 1.10 bits per heavy atom. The van der Waals surface area contributed by atoms with Crippen LogP contribution in [0, 0.1) is 17.0 Å². The van der Waals surface area contributed by atoms with Crippen molar-refractivity contribution in [3.8, 4) is 11.1 Å². The molecular formula is C22H25F2N2O3P. The van der Waals surface area contributed by atoms with E-state index < -0.39 is 18.8 Å². The third-order valence-electron chi connectivity index (χ3n) is 5.89. The monoisotopic (exact) mass is 434 g/mol. The zero-order valence-electron chi connectivity index (χ0n) is 17.2. The van der Waals surface area contributed by atoms with Crippen LogP contribution in [0.3, 0.4) is 0 Å². The molecule has 0 saturated heterocycles. The second kappa shape index (κ2) is 8.31. The van der Waals surface area contributed by atoms with Crippen molar-refractivity contribution in [3.63, 3.8) is 0 Å². The lowest BCUT2D eigenvalue weighted by Crippen LogP contribution is -2.42. The predicted octanol–water partition coefficient (Wildman–Crippen LogP) is 3.76. The molecule has 1 fully saturated rings. The van der Waals surface area contributed by atoms with Crippen LogP contribution in [-0.4, -0.2) is 38.7 Å². The maximum absolute atomic E-state index is 15.1. The SMILES string of the molecule is CC(NC=O)C1(CN(C=O)c2ccc(-c3ccccc3P(C)(C)=O)c(F)c2F)CC1. The van der Waals surface area contributed by atoms with Crippen molar-refractivity contribution >= 4 is 31.0 Å². The Kier molecular flexibility index (Phi) is 6.14. The van der Waals surface area contributed by atoms with Gasteiger partial charge in [0.15, 0.2) is 11.6 Å². The highest BCUT2D eigenvalue weighted by atomic mass is 31.2. The molecule has 0 aromatic heterocycles. The molecule has 0 heterocycles. The van der Waals surface area contributed by atoms with Crippen LogP contribution in [0.15, 0.2) is 36.4 Å². The summed E-state index contributed by atoms with van der Waals surface area (Å²) in [6.07, 6.45) is 2.63. The Balaban J connectivity index is 1.99. The number of anilines is 1. The first-order valence-corrected chi connectivity index (χ1v) is 12.3. The van der Waals surface area contributed by atoms with Gasteiger partial charge in [0.25, 0.3) is 0 Å². The fourth-order valence-corrected chi connectivity index (χ4v) is 5.05. The number of hydrogen-bond acceptors (Lipinski definition) is 3. The second-order valence-electron chi connectivity index (χ2n) is 8.23. The van der Waals surface area contributed by atoms with E-state index in [2.05, 4.69) is 5.32 Å². The largest absolute Gasteiger partial charge is 0.356 e. The quantitative estimate of drug-likeness (QED) is 0.483. The summed E-state index contributed by atoms with van der Waals surface area (Å²) in [5, 5.41) is 3.16. The number of hydrogen-bond donors (Lipinski definition) is 1. The highest BCUT2D eigenvalue weighted by Crippen LogP contribution is 2.50. The van der Waals surface area contributed by atoms with E-state index in [9.17, 15) is 14.2 Å². The molecule has 1 atom stereocenters. The maximum Gasteiger partial charge on any atom is 0.214 e. The molecule has 8 heteroatoms. The lowest BCUT2D eigenvalue weighted by atomic mass is 9.96. The Bertz CT molecular complexity index is 1020. The average Bonchev–Trinajstić information content (AvgIpc) is 3.49. The van der Waals surface area contributed by atoms with Crippen LogP contribution in [0.4, 0.5) is 14.5 Å². The van der Waals surface area contributed by atoms with Gasteiger partial charge < -0.3 is 14.8 Å². The predicted molar refractivity (Wildman–Crippen MR) is 115 cm³/mol. The van der Waals surface area contributed by atoms with Crippen molar-refractivity contribution in [2.75, 3.05) is 24.8 Å². The van der Waals surface area contributed by atoms with Crippen LogP contribution in [0.5, 0.6) is 0 Å². The Morgan fingerprint density at radius 3 is 2.33 bits per heavy atom. The molecule has 30 heavy (non-hydrogen) atoms. The van der Waals surface area contributed by atoms with Crippen LogP contribution in [0.1, 0.15) is 19.8 Å². The van der Waals surface area contributed by atoms with Gasteiger partial charge in [-0.25, -0.2) is 8.78 Å². The molecule has 0 aliphatic heterocycles. The molecule has 1 aliphatic carbocycles. The third-order valence-corrected chi connectivity index (χ3v) is 7.44. The first-order valence-electron chi connectivity index (χ1n) is 9.69. The fraction of sp³-hybridized carbons (Fsp3) is 0.364. The van der Waals surface area contributed by atoms with Gasteiger partial charge in [0.05, 0.1) is 5.69 Å². The van der Waals surface area contributed by atoms with E-state index in [0.717, 1.165) is 17.7 Å². The highest BCUT2D eigenvalue weighted by Gasteiger charge is 2.49. The summed E-state index contributed by atoms with van der Waals surface area (Å²) in [5.74, 6) is -2.23. The van der Waals surface area contributed by atoms with Crippen molar-refractivity contribution in [2.24, 2.45) is 5.41 Å². The number of benzene rings is 2. The standard InChI is InChI=1S/C22H25F2N2O3P/c1-15(25-13-27)22(10-11-22)12-26(14-28)18-9-8-17(20(23)21(18)24)16-6-4-5-7-19(16)30(2,3)29/h4-9,13-15H,10-12H2,1-3H3,(H,25,27). The van der Waals surface area contributed by atoms with Crippen molar-refractivity contribution in [2.45, 2.75) is 25.8 Å². The van der Waals surface area contributed by atoms with E-state index in [1.54, 1.807) is 37.6 Å². The van der Waals surface area contributed by atoms with Crippen molar-refractivity contribution in [3.05, 3.63) is 48.0 Å². The summed E-state index contributed by atoms with van der Waals surface area (Å²) in [6, 6.07) is 9.22. The van der Waals surface area contributed by atoms with Gasteiger partial charge in [0.1, 0.15) is 7.14 Å². The zero-order valence-corrected chi connectivity index (χ0v) is 18.1. The van der Waals surface area contributed by atoms with Crippen LogP contribution in [-0.2, 0) is 14.2 Å². The van der Waals surface area contributed by atoms with Crippen molar-refractivity contribution in [1.82, 2.24) is 5.32 Å². The molecule has 0 spiro atoms. The summed E-state index contributed by atoms with van der Waals surface area (Å²) >= 11 is 0. The summed E-state index contributed by atoms with van der Waals surface area (Å²) in [7, 11) is -2.72. The molecular weight excluding hydrogens is 409 g/mol. The van der Waals surface area contributed by atoms with Crippen molar-refractivity contribution in [1.29, 1.82) is 0 Å². The highest BCUT2D eigenvalue weighted by molar-refractivity contribution is 7.70. The summed E-state index contributed by atoms with van der Waals surface area (Å²) in [4.78, 5) is 23.6. The van der Waals surface area contributed by atoms with Gasteiger partial charge in [0, 0.05) is 28.9 Å². The molecule has 0 radical (unpaired) electrons. The van der Waals surface area contributed by atoms with Gasteiger partial charge in [0.2, 0.25) is 12.8 Å². The topological polar surface area (TPSA) is 66.5 Å². The fourth-order valence-electron chi connectivity index (χ4n) is 3.83. The number of nitrogens with one attached hydrogen (secondary N) is 1. The van der Waals surface area contributed by atoms with Crippen LogP contribution in [0.25, 0.3) is 11.1 Å². The zero-order chi connectivity index (χ0) is 22.1. The van der Waals surface area contributed by atoms with Gasteiger partial charge in [-0.15, -0.1) is 0 Å². The molecule has 5 nitrogen and oxygen atoms in total. The molecule has 0 bridgehead atoms. The average molecular weight is 434 g/mol. The Hall–Kier alpha value is -2.53. The number of halogens is 2. The van der Waals surface area contributed by atoms with Gasteiger partial charge >= 0.3 is 0 Å². The molecule has 2 amide bonds. The lowest BCUT2D eigenvalue weighted by Gasteiger charge is -2.29. The normalized spacial score (nSPS) is 15.9. The number of nitrogens with zero attached hydrogens (tertiary/aromatic N) is 1. The minimum atomic E-state index is -2.72. The summed E-state index contributed by atoms with van der Waals surface area (Å²) in [6.45, 7) is 5.15. The number of rotatable bonds is 9. The molecule has 160 valence electrons. The third kappa shape index (κ3) is 4.17. The van der Waals surface area contributed by atoms with Gasteiger partial charge in [-0.2, -0.15) is 0 Å². The molecule has 1 N–H and O–H groups in total. The molecule has 3 rings (SSSR count). The van der Waals surface area contributed by atoms with Crippen LogP contribution < -0.4 is 15.5 Å². The van der Waals surface area contributed by atoms with Crippen LogP contribution in [0.2, 0.25) is 0 Å². The van der Waals surface area contributed by atoms with E-state index in [4.69, 9.17) is 0 Å². The van der Waals surface area contributed by atoms with E-state index in [1.165, 1.54) is 12.1 Å². The molecule has 1 saturated carbocycles. The first kappa shape index (κ1) is 22.2. The van der Waals surface area contributed by atoms with Crippen molar-refractivity contribution < 1.29 is 22.9 Å². The molecule has 2 aromatic rings. The lowest BCUT2D eigenvalue weighted by molar-refractivity contribution is -0.110. The van der Waals surface area contributed by atoms with E-state index in [1.807, 2.05) is 6.92 Å². The van der Waals surface area contributed by atoms with Crippen LogP contribution >= 0.6 is 7.14 Å². The maximum atomic E-state index is 15.1. The van der Waals surface area contributed by atoms with E-state index in [-0.39, 0.29) is 29.3 Å². The second-order valence-corrected chi connectivity index (χ2v) is 11.4. The Labute approximate surface area is 174 Å². The number of carbonyl (C=O) groups excluding carboxylic acids is 2. The Morgan fingerprint density at radius 2 is 1.77 bits per heavy atom. The smallest absolute Gasteiger partial charge is 0.214 e. The van der Waals surface area contributed by atoms with Gasteiger partial charge in [-0.3, -0.25) is 9.59 Å². The number of amides is 2. The minimum Gasteiger partial charge on any atom is -0.356 e. The van der Waals surface area contributed by atoms with Gasteiger partial charge in [-0.1, -0.05) is 24.3 Å². The number of carbonyl (C=O) groups is 2.